The van der Waals surface area contributed by atoms with Crippen LogP contribution in [0.2, 0.25) is 0 Å². The third-order valence-corrected chi connectivity index (χ3v) is 3.33. The van der Waals surface area contributed by atoms with Crippen LogP contribution in [0.3, 0.4) is 0 Å². The van der Waals surface area contributed by atoms with E-state index in [1.807, 2.05) is 12.2 Å². The molecule has 0 bridgehead atoms. The van der Waals surface area contributed by atoms with E-state index >= 15 is 0 Å². The summed E-state index contributed by atoms with van der Waals surface area (Å²) in [6.45, 7) is 0.341. The minimum Gasteiger partial charge on any atom is -0.492 e. The molecule has 1 N–H and O–H groups in total. The highest BCUT2D eigenvalue weighted by atomic mass is 16.6. The molecule has 1 unspecified atom stereocenters. The number of hydrogen-bond donors (Lipinski definition) is 1. The molecule has 1 aromatic rings. The van der Waals surface area contributed by atoms with E-state index < -0.39 is 4.92 Å². The Labute approximate surface area is 127 Å². The van der Waals surface area contributed by atoms with E-state index in [0.717, 1.165) is 5.06 Å². The molecule has 0 saturated heterocycles. The highest BCUT2D eigenvalue weighted by Gasteiger charge is 2.14. The van der Waals surface area contributed by atoms with Crippen LogP contribution in [0.1, 0.15) is 16.8 Å². The van der Waals surface area contributed by atoms with E-state index in [1.165, 1.54) is 18.2 Å². The van der Waals surface area contributed by atoms with Crippen molar-refractivity contribution in [3.63, 3.8) is 0 Å². The summed E-state index contributed by atoms with van der Waals surface area (Å²) in [5.74, 6) is 0.432. The lowest BCUT2D eigenvalue weighted by Gasteiger charge is -2.20. The Morgan fingerprint density at radius 1 is 1.55 bits per heavy atom. The number of hydrogen-bond acceptors (Lipinski definition) is 6. The van der Waals surface area contributed by atoms with Crippen LogP contribution in [-0.2, 0) is 0 Å². The maximum Gasteiger partial charge on any atom is 0.270 e. The molecule has 0 aromatic heterocycles. The Kier molecular flexibility index (Phi) is 4.90. The second-order valence-corrected chi connectivity index (χ2v) is 4.92. The van der Waals surface area contributed by atoms with Crippen molar-refractivity contribution >= 4 is 12.0 Å². The monoisotopic (exact) mass is 304 g/mol. The molecule has 0 radical (unpaired) electrons. The Morgan fingerprint density at radius 2 is 2.32 bits per heavy atom. The van der Waals surface area contributed by atoms with Crippen molar-refractivity contribution in [2.45, 2.75) is 6.42 Å². The summed E-state index contributed by atoms with van der Waals surface area (Å²) in [7, 11) is 1.54. The highest BCUT2D eigenvalue weighted by Crippen LogP contribution is 2.25. The lowest BCUT2D eigenvalue weighted by Crippen LogP contribution is -2.17. The summed E-state index contributed by atoms with van der Waals surface area (Å²) in [4.78, 5) is 21.1. The molecule has 1 aromatic carbocycles. The molecule has 22 heavy (non-hydrogen) atoms. The second kappa shape index (κ2) is 6.86. The lowest BCUT2D eigenvalue weighted by atomic mass is 10.0. The number of ether oxygens (including phenoxy) is 1. The Balaban J connectivity index is 2.00. The summed E-state index contributed by atoms with van der Waals surface area (Å²) in [5.41, 5.74) is 0.714. The second-order valence-electron chi connectivity index (χ2n) is 4.92. The summed E-state index contributed by atoms with van der Waals surface area (Å²) in [6, 6.07) is 3.92. The molecule has 1 atom stereocenters. The molecule has 0 fully saturated rings. The van der Waals surface area contributed by atoms with Crippen LogP contribution >= 0.6 is 0 Å². The molecule has 0 heterocycles. The molecule has 2 rings (SSSR count). The Hall–Kier alpha value is -2.67. The molecular weight excluding hydrogens is 288 g/mol. The molecule has 1 aliphatic carbocycles. The van der Waals surface area contributed by atoms with Crippen molar-refractivity contribution in [2.75, 3.05) is 13.7 Å². The van der Waals surface area contributed by atoms with Crippen LogP contribution in [0, 0.1) is 16.0 Å². The molecule has 0 saturated carbocycles. The molecular formula is C15H16N2O5. The first kappa shape index (κ1) is 15.7. The number of non-ortho nitro benzene ring substituents is 1. The number of nitrogens with zero attached hydrogens (tertiary/aromatic N) is 2. The third-order valence-electron chi connectivity index (χ3n) is 3.33. The summed E-state index contributed by atoms with van der Waals surface area (Å²) >= 11 is 0. The van der Waals surface area contributed by atoms with Crippen molar-refractivity contribution in [3.05, 3.63) is 57.8 Å². The molecule has 7 nitrogen and oxygen atoms in total. The van der Waals surface area contributed by atoms with Gasteiger partial charge in [-0.2, -0.15) is 0 Å². The molecule has 0 spiro atoms. The normalized spacial score (nSPS) is 16.8. The molecule has 0 amide bonds. The smallest absolute Gasteiger partial charge is 0.270 e. The number of nitro benzene ring substituents is 1. The predicted octanol–water partition coefficient (Wildman–Crippen LogP) is 2.57. The van der Waals surface area contributed by atoms with Gasteiger partial charge in [0.1, 0.15) is 5.75 Å². The van der Waals surface area contributed by atoms with Crippen LogP contribution < -0.4 is 4.74 Å². The fourth-order valence-corrected chi connectivity index (χ4v) is 2.09. The number of likely N-dealkylation sites (N-methyl/N-ethyl adjacent to an activating group) is 1. The van der Waals surface area contributed by atoms with Gasteiger partial charge in [0, 0.05) is 25.1 Å². The first-order valence-corrected chi connectivity index (χ1v) is 6.68. The van der Waals surface area contributed by atoms with Crippen molar-refractivity contribution < 1.29 is 19.7 Å². The standard InChI is InChI=1S/C15H16N2O5/c1-16(19)13-4-2-11(3-5-13)10-22-15-7-6-14(17(20)21)8-12(15)9-18/h2,4-9,11,19H,3,10H2,1H3. The largest absolute Gasteiger partial charge is 0.492 e. The fraction of sp³-hybridized carbons (Fsp3) is 0.267. The summed E-state index contributed by atoms with van der Waals surface area (Å²) < 4.78 is 5.59. The van der Waals surface area contributed by atoms with Gasteiger partial charge in [-0.1, -0.05) is 12.2 Å². The minimum atomic E-state index is -0.557. The topological polar surface area (TPSA) is 92.9 Å². The van der Waals surface area contributed by atoms with Crippen molar-refractivity contribution in [2.24, 2.45) is 5.92 Å². The number of allylic oxidation sites excluding steroid dienone is 2. The van der Waals surface area contributed by atoms with Gasteiger partial charge < -0.3 is 4.74 Å². The number of carbonyl (C=O) groups is 1. The Bertz CT molecular complexity index is 637. The molecule has 7 heteroatoms. The number of aldehydes is 1. The highest BCUT2D eigenvalue weighted by molar-refractivity contribution is 5.80. The number of rotatable bonds is 6. The zero-order valence-corrected chi connectivity index (χ0v) is 12.0. The average molecular weight is 304 g/mol. The van der Waals surface area contributed by atoms with Gasteiger partial charge in [-0.05, 0) is 18.6 Å². The average Bonchev–Trinajstić information content (AvgIpc) is 2.52. The van der Waals surface area contributed by atoms with E-state index in [0.29, 0.717) is 30.8 Å². The predicted molar refractivity (Wildman–Crippen MR) is 78.9 cm³/mol. The Morgan fingerprint density at radius 3 is 2.86 bits per heavy atom. The zero-order valence-electron chi connectivity index (χ0n) is 12.0. The maximum atomic E-state index is 11.0. The van der Waals surface area contributed by atoms with Crippen LogP contribution in [0.4, 0.5) is 5.69 Å². The number of carbonyl (C=O) groups excluding carboxylic acids is 1. The van der Waals surface area contributed by atoms with E-state index in [1.54, 1.807) is 13.1 Å². The maximum absolute atomic E-state index is 11.0. The van der Waals surface area contributed by atoms with E-state index in [4.69, 9.17) is 4.74 Å². The molecule has 1 aliphatic rings. The van der Waals surface area contributed by atoms with Crippen molar-refractivity contribution in [1.82, 2.24) is 5.06 Å². The van der Waals surface area contributed by atoms with E-state index in [2.05, 4.69) is 0 Å². The number of nitro groups is 1. The van der Waals surface area contributed by atoms with Gasteiger partial charge in [0.2, 0.25) is 0 Å². The van der Waals surface area contributed by atoms with Crippen LogP contribution in [0.15, 0.2) is 42.1 Å². The fourth-order valence-electron chi connectivity index (χ4n) is 2.09. The van der Waals surface area contributed by atoms with Gasteiger partial charge in [0.05, 0.1) is 22.8 Å². The molecule has 116 valence electrons. The third kappa shape index (κ3) is 3.70. The summed E-state index contributed by atoms with van der Waals surface area (Å²) in [5, 5.41) is 21.0. The van der Waals surface area contributed by atoms with Gasteiger partial charge in [0.15, 0.2) is 6.29 Å². The van der Waals surface area contributed by atoms with Crippen LogP contribution in [0.25, 0.3) is 0 Å². The van der Waals surface area contributed by atoms with E-state index in [-0.39, 0.29) is 17.2 Å². The van der Waals surface area contributed by atoms with Gasteiger partial charge in [0.25, 0.3) is 5.69 Å². The van der Waals surface area contributed by atoms with E-state index in [9.17, 15) is 20.1 Å². The van der Waals surface area contributed by atoms with Gasteiger partial charge in [-0.3, -0.25) is 25.2 Å². The van der Waals surface area contributed by atoms with Gasteiger partial charge >= 0.3 is 0 Å². The summed E-state index contributed by atoms with van der Waals surface area (Å²) in [6.07, 6.45) is 6.81. The van der Waals surface area contributed by atoms with Crippen LogP contribution in [-0.4, -0.2) is 35.1 Å². The minimum absolute atomic E-state index is 0.110. The number of hydroxylamine groups is 2. The SMILES string of the molecule is CN(O)C1=CCC(COc2ccc([N+](=O)[O-])cc2C=O)C=C1. The quantitative estimate of drug-likeness (QED) is 0.493. The first-order valence-electron chi connectivity index (χ1n) is 6.68. The van der Waals surface area contributed by atoms with Crippen LogP contribution in [0.5, 0.6) is 5.75 Å². The molecule has 0 aliphatic heterocycles. The van der Waals surface area contributed by atoms with Gasteiger partial charge in [-0.25, -0.2) is 0 Å². The lowest BCUT2D eigenvalue weighted by molar-refractivity contribution is -0.384. The first-order chi connectivity index (χ1) is 10.5. The van der Waals surface area contributed by atoms with Gasteiger partial charge in [-0.15, -0.1) is 0 Å². The van der Waals surface area contributed by atoms with Crippen molar-refractivity contribution in [3.8, 4) is 5.75 Å². The zero-order chi connectivity index (χ0) is 16.1. The van der Waals surface area contributed by atoms with Crippen molar-refractivity contribution in [1.29, 1.82) is 0 Å². The number of benzene rings is 1.